The van der Waals surface area contributed by atoms with Gasteiger partial charge in [-0.1, -0.05) is 13.8 Å². The van der Waals surface area contributed by atoms with Gasteiger partial charge in [0.1, 0.15) is 0 Å². The molecule has 0 aliphatic carbocycles. The molecule has 4 nitrogen and oxygen atoms in total. The molecule has 0 atom stereocenters. The molecule has 0 fully saturated rings. The largest absolute Gasteiger partial charge is 0.481 e. The van der Waals surface area contributed by atoms with E-state index >= 15 is 0 Å². The molecule has 1 aromatic heterocycles. The Hall–Kier alpha value is -1.29. The van der Waals surface area contributed by atoms with E-state index in [1.54, 1.807) is 0 Å². The number of aryl methyl sites for hydroxylation is 1. The Bertz CT molecular complexity index is 342. The van der Waals surface area contributed by atoms with Gasteiger partial charge in [-0.25, -0.2) is 0 Å². The zero-order valence-corrected chi connectivity index (χ0v) is 9.21. The Kier molecular flexibility index (Phi) is 3.52. The molecule has 0 radical (unpaired) electrons. The highest BCUT2D eigenvalue weighted by atomic mass is 16.4. The van der Waals surface area contributed by atoms with Crippen LogP contribution in [-0.4, -0.2) is 22.6 Å². The molecular weight excluding hydrogens is 192 g/mol. The van der Waals surface area contributed by atoms with Gasteiger partial charge in [-0.3, -0.25) is 4.79 Å². The van der Waals surface area contributed by atoms with Crippen molar-refractivity contribution in [3.05, 3.63) is 23.5 Å². The summed E-state index contributed by atoms with van der Waals surface area (Å²) in [5.41, 5.74) is 7.69. The molecule has 0 unspecified atom stereocenters. The highest BCUT2D eigenvalue weighted by Gasteiger charge is 2.19. The van der Waals surface area contributed by atoms with E-state index in [-0.39, 0.29) is 11.8 Å². The molecule has 4 N–H and O–H groups in total. The summed E-state index contributed by atoms with van der Waals surface area (Å²) in [4.78, 5) is 13.5. The van der Waals surface area contributed by atoms with Crippen molar-refractivity contribution < 1.29 is 9.90 Å². The monoisotopic (exact) mass is 210 g/mol. The van der Waals surface area contributed by atoms with E-state index in [2.05, 4.69) is 18.8 Å². The minimum absolute atomic E-state index is 0.0576. The lowest BCUT2D eigenvalue weighted by Crippen LogP contribution is -2.27. The average molecular weight is 210 g/mol. The Morgan fingerprint density at radius 3 is 2.80 bits per heavy atom. The fraction of sp³-hybridized carbons (Fsp3) is 0.545. The highest BCUT2D eigenvalue weighted by molar-refractivity contribution is 5.67. The minimum atomic E-state index is -0.774. The van der Waals surface area contributed by atoms with Gasteiger partial charge < -0.3 is 15.8 Å². The summed E-state index contributed by atoms with van der Waals surface area (Å²) in [6.07, 6.45) is 2.60. The summed E-state index contributed by atoms with van der Waals surface area (Å²) >= 11 is 0. The molecular formula is C11H18N2O2. The lowest BCUT2D eigenvalue weighted by molar-refractivity contribution is -0.136. The standard InChI is InChI=1S/C11H18N2O2/c1-11(2,7-12)8-5-9(13-6-8)3-4-10(14)15/h5-6,13H,3-4,7,12H2,1-2H3,(H,14,15). The van der Waals surface area contributed by atoms with Crippen molar-refractivity contribution in [2.45, 2.75) is 32.1 Å². The number of hydrogen-bond acceptors (Lipinski definition) is 2. The van der Waals surface area contributed by atoms with Crippen molar-refractivity contribution in [1.82, 2.24) is 4.98 Å². The Morgan fingerprint density at radius 2 is 2.27 bits per heavy atom. The Balaban J connectivity index is 2.68. The third kappa shape index (κ3) is 3.09. The fourth-order valence-corrected chi connectivity index (χ4v) is 1.34. The minimum Gasteiger partial charge on any atom is -0.481 e. The SMILES string of the molecule is CC(C)(CN)c1c[nH]c(CCC(=O)O)c1. The van der Waals surface area contributed by atoms with E-state index in [1.807, 2.05) is 12.3 Å². The van der Waals surface area contributed by atoms with Crippen molar-refractivity contribution in [2.75, 3.05) is 6.54 Å². The maximum absolute atomic E-state index is 10.4. The van der Waals surface area contributed by atoms with E-state index in [9.17, 15) is 4.79 Å². The summed E-state index contributed by atoms with van der Waals surface area (Å²) in [5.74, 6) is -0.774. The van der Waals surface area contributed by atoms with Crippen LogP contribution in [0.1, 0.15) is 31.5 Å². The highest BCUT2D eigenvalue weighted by Crippen LogP contribution is 2.22. The number of carboxylic acid groups (broad SMARTS) is 1. The van der Waals surface area contributed by atoms with Gasteiger partial charge >= 0.3 is 5.97 Å². The number of carboxylic acids is 1. The molecule has 0 aliphatic rings. The van der Waals surface area contributed by atoms with Crippen molar-refractivity contribution >= 4 is 5.97 Å². The lowest BCUT2D eigenvalue weighted by Gasteiger charge is -2.20. The van der Waals surface area contributed by atoms with Crippen LogP contribution in [0.25, 0.3) is 0 Å². The van der Waals surface area contributed by atoms with Crippen LogP contribution in [0.4, 0.5) is 0 Å². The second-order valence-corrected chi connectivity index (χ2v) is 4.40. The number of aromatic nitrogens is 1. The van der Waals surface area contributed by atoms with Gasteiger partial charge in [0, 0.05) is 23.9 Å². The number of rotatable bonds is 5. The maximum atomic E-state index is 10.4. The Morgan fingerprint density at radius 1 is 1.60 bits per heavy atom. The van der Waals surface area contributed by atoms with Crippen molar-refractivity contribution in [2.24, 2.45) is 5.73 Å². The summed E-state index contributed by atoms with van der Waals surface area (Å²) in [5, 5.41) is 8.55. The quantitative estimate of drug-likeness (QED) is 0.684. The van der Waals surface area contributed by atoms with Gasteiger partial charge in [0.05, 0.1) is 6.42 Å². The molecule has 1 rings (SSSR count). The van der Waals surface area contributed by atoms with Gasteiger partial charge in [0.25, 0.3) is 0 Å². The molecule has 0 bridgehead atoms. The van der Waals surface area contributed by atoms with Crippen molar-refractivity contribution in [1.29, 1.82) is 0 Å². The van der Waals surface area contributed by atoms with Crippen LogP contribution in [-0.2, 0) is 16.6 Å². The van der Waals surface area contributed by atoms with E-state index in [0.29, 0.717) is 13.0 Å². The molecule has 0 saturated carbocycles. The normalized spacial score (nSPS) is 11.7. The fourth-order valence-electron chi connectivity index (χ4n) is 1.34. The average Bonchev–Trinajstić information content (AvgIpc) is 2.63. The zero-order valence-electron chi connectivity index (χ0n) is 9.21. The van der Waals surface area contributed by atoms with Crippen LogP contribution >= 0.6 is 0 Å². The molecule has 0 saturated heterocycles. The molecule has 0 amide bonds. The first-order chi connectivity index (χ1) is 6.95. The number of carbonyl (C=O) groups is 1. The summed E-state index contributed by atoms with van der Waals surface area (Å²) < 4.78 is 0. The predicted octanol–water partition coefficient (Wildman–Crippen LogP) is 1.27. The van der Waals surface area contributed by atoms with E-state index < -0.39 is 5.97 Å². The number of aromatic amines is 1. The number of hydrogen-bond donors (Lipinski definition) is 3. The predicted molar refractivity (Wildman–Crippen MR) is 58.8 cm³/mol. The molecule has 0 aliphatic heterocycles. The van der Waals surface area contributed by atoms with E-state index in [1.165, 1.54) is 0 Å². The maximum Gasteiger partial charge on any atom is 0.303 e. The Labute approximate surface area is 89.5 Å². The first-order valence-electron chi connectivity index (χ1n) is 5.05. The first kappa shape index (κ1) is 11.8. The first-order valence-corrected chi connectivity index (χ1v) is 5.05. The number of nitrogens with one attached hydrogen (secondary N) is 1. The van der Waals surface area contributed by atoms with E-state index in [4.69, 9.17) is 10.8 Å². The lowest BCUT2D eigenvalue weighted by atomic mass is 9.86. The summed E-state index contributed by atoms with van der Waals surface area (Å²) in [6.45, 7) is 4.71. The zero-order chi connectivity index (χ0) is 11.5. The molecule has 1 aromatic rings. The van der Waals surface area contributed by atoms with Gasteiger partial charge in [0.2, 0.25) is 0 Å². The molecule has 1 heterocycles. The third-order valence-corrected chi connectivity index (χ3v) is 2.64. The summed E-state index contributed by atoms with van der Waals surface area (Å²) in [6, 6.07) is 2.00. The number of H-pyrrole nitrogens is 1. The van der Waals surface area contributed by atoms with Crippen molar-refractivity contribution in [3.8, 4) is 0 Å². The molecule has 0 spiro atoms. The number of nitrogens with two attached hydrogens (primary N) is 1. The van der Waals surface area contributed by atoms with Crippen molar-refractivity contribution in [3.63, 3.8) is 0 Å². The molecule has 0 aromatic carbocycles. The van der Waals surface area contributed by atoms with Crippen LogP contribution in [0.3, 0.4) is 0 Å². The topological polar surface area (TPSA) is 79.1 Å². The van der Waals surface area contributed by atoms with Crippen LogP contribution in [0.15, 0.2) is 12.3 Å². The van der Waals surface area contributed by atoms with Crippen LogP contribution in [0.5, 0.6) is 0 Å². The van der Waals surface area contributed by atoms with Gasteiger partial charge in [-0.2, -0.15) is 0 Å². The van der Waals surface area contributed by atoms with Crippen LogP contribution in [0.2, 0.25) is 0 Å². The number of aliphatic carboxylic acids is 1. The second kappa shape index (κ2) is 4.49. The molecule has 4 heteroatoms. The molecule has 84 valence electrons. The second-order valence-electron chi connectivity index (χ2n) is 4.40. The van der Waals surface area contributed by atoms with Crippen LogP contribution < -0.4 is 5.73 Å². The van der Waals surface area contributed by atoms with Gasteiger partial charge in [0.15, 0.2) is 0 Å². The van der Waals surface area contributed by atoms with E-state index in [0.717, 1.165) is 11.3 Å². The van der Waals surface area contributed by atoms with Gasteiger partial charge in [-0.05, 0) is 18.1 Å². The van der Waals surface area contributed by atoms with Crippen LogP contribution in [0, 0.1) is 0 Å². The van der Waals surface area contributed by atoms with Gasteiger partial charge in [-0.15, -0.1) is 0 Å². The smallest absolute Gasteiger partial charge is 0.303 e. The summed E-state index contributed by atoms with van der Waals surface area (Å²) in [7, 11) is 0. The molecule has 15 heavy (non-hydrogen) atoms. The third-order valence-electron chi connectivity index (χ3n) is 2.64.